The van der Waals surface area contributed by atoms with E-state index in [0.717, 1.165) is 22.2 Å². The second-order valence-corrected chi connectivity index (χ2v) is 5.93. The molecule has 0 saturated carbocycles. The van der Waals surface area contributed by atoms with Crippen LogP contribution in [0.5, 0.6) is 0 Å². The van der Waals surface area contributed by atoms with Gasteiger partial charge in [-0.15, -0.1) is 0 Å². The van der Waals surface area contributed by atoms with E-state index in [2.05, 4.69) is 20.3 Å². The Morgan fingerprint density at radius 3 is 2.46 bits per heavy atom. The molecule has 26 heavy (non-hydrogen) atoms. The molecule has 2 aromatic carbocycles. The van der Waals surface area contributed by atoms with E-state index in [1.54, 1.807) is 12.1 Å². The third-order valence-electron chi connectivity index (χ3n) is 3.88. The largest absolute Gasteiger partial charge is 0.290 e. The molecular weight excluding hydrogens is 348 g/mol. The number of nitrogens with zero attached hydrogens (tertiary/aromatic N) is 3. The van der Waals surface area contributed by atoms with Crippen molar-refractivity contribution in [3.8, 4) is 11.3 Å². The summed E-state index contributed by atoms with van der Waals surface area (Å²) in [6, 6.07) is 20.7. The lowest BCUT2D eigenvalue weighted by Crippen LogP contribution is -2.15. The van der Waals surface area contributed by atoms with Gasteiger partial charge in [0, 0.05) is 17.1 Å². The number of carbonyl (C=O) groups excluding carboxylic acids is 1. The zero-order chi connectivity index (χ0) is 17.9. The Balaban J connectivity index is 1.79. The molecule has 0 bridgehead atoms. The molecule has 0 aliphatic heterocycles. The molecule has 126 valence electrons. The summed E-state index contributed by atoms with van der Waals surface area (Å²) >= 11 is 5.99. The predicted octanol–water partition coefficient (Wildman–Crippen LogP) is 4.60. The van der Waals surface area contributed by atoms with Gasteiger partial charge >= 0.3 is 0 Å². The highest BCUT2D eigenvalue weighted by Crippen LogP contribution is 2.27. The van der Waals surface area contributed by atoms with Gasteiger partial charge < -0.3 is 0 Å². The second kappa shape index (κ2) is 6.90. The first-order valence-corrected chi connectivity index (χ1v) is 8.34. The van der Waals surface area contributed by atoms with Gasteiger partial charge in [0.15, 0.2) is 0 Å². The molecule has 0 aliphatic carbocycles. The third-order valence-corrected chi connectivity index (χ3v) is 4.18. The van der Waals surface area contributed by atoms with Crippen molar-refractivity contribution in [1.29, 1.82) is 0 Å². The van der Waals surface area contributed by atoms with Crippen molar-refractivity contribution >= 4 is 34.4 Å². The molecule has 1 N–H and O–H groups in total. The summed E-state index contributed by atoms with van der Waals surface area (Å²) in [4.78, 5) is 25.4. The van der Waals surface area contributed by atoms with Gasteiger partial charge in [-0.3, -0.25) is 10.1 Å². The van der Waals surface area contributed by atoms with Crippen molar-refractivity contribution in [2.24, 2.45) is 0 Å². The number of fused-ring (bicyclic) bond motifs is 1. The van der Waals surface area contributed by atoms with Crippen molar-refractivity contribution in [3.63, 3.8) is 0 Å². The van der Waals surface area contributed by atoms with Crippen LogP contribution < -0.4 is 5.32 Å². The highest BCUT2D eigenvalue weighted by atomic mass is 35.5. The Morgan fingerprint density at radius 2 is 1.65 bits per heavy atom. The van der Waals surface area contributed by atoms with Gasteiger partial charge in [-0.25, -0.2) is 15.0 Å². The number of pyridine rings is 1. The van der Waals surface area contributed by atoms with Crippen molar-refractivity contribution in [2.75, 3.05) is 5.32 Å². The fraction of sp³-hybridized carbons (Fsp3) is 0. The van der Waals surface area contributed by atoms with Crippen LogP contribution in [0.25, 0.3) is 22.2 Å². The fourth-order valence-corrected chi connectivity index (χ4v) is 2.88. The van der Waals surface area contributed by atoms with Crippen molar-refractivity contribution < 1.29 is 4.79 Å². The fourth-order valence-electron chi connectivity index (χ4n) is 2.67. The zero-order valence-corrected chi connectivity index (χ0v) is 14.3. The quantitative estimate of drug-likeness (QED) is 0.542. The van der Waals surface area contributed by atoms with E-state index in [1.165, 1.54) is 6.20 Å². The molecular formula is C20H13ClN4O. The number of aromatic nitrogens is 3. The third kappa shape index (κ3) is 3.12. The van der Waals surface area contributed by atoms with Crippen LogP contribution in [0.15, 0.2) is 72.9 Å². The zero-order valence-electron chi connectivity index (χ0n) is 13.6. The summed E-state index contributed by atoms with van der Waals surface area (Å²) in [7, 11) is 0. The van der Waals surface area contributed by atoms with Crippen LogP contribution in [0.1, 0.15) is 10.4 Å². The molecule has 0 fully saturated rings. The SMILES string of the molecule is O=C(Nc1nc(-c2ccccc2)c2ccccc2n1)c1cccnc1Cl. The van der Waals surface area contributed by atoms with E-state index >= 15 is 0 Å². The number of amides is 1. The molecule has 4 aromatic rings. The van der Waals surface area contributed by atoms with Crippen LogP contribution in [-0.2, 0) is 0 Å². The Labute approximate surface area is 154 Å². The maximum atomic E-state index is 12.5. The molecule has 0 aliphatic rings. The molecule has 2 aromatic heterocycles. The van der Waals surface area contributed by atoms with Gasteiger partial charge in [0.25, 0.3) is 5.91 Å². The molecule has 0 radical (unpaired) electrons. The minimum atomic E-state index is -0.405. The van der Waals surface area contributed by atoms with E-state index in [9.17, 15) is 4.79 Å². The molecule has 6 heteroatoms. The van der Waals surface area contributed by atoms with Crippen molar-refractivity contribution in [3.05, 3.63) is 83.6 Å². The minimum absolute atomic E-state index is 0.133. The summed E-state index contributed by atoms with van der Waals surface area (Å²) in [6.07, 6.45) is 1.53. The molecule has 0 saturated heterocycles. The minimum Gasteiger partial charge on any atom is -0.290 e. The summed E-state index contributed by atoms with van der Waals surface area (Å²) < 4.78 is 0. The van der Waals surface area contributed by atoms with Crippen LogP contribution in [0.2, 0.25) is 5.15 Å². The first kappa shape index (κ1) is 16.2. The van der Waals surface area contributed by atoms with E-state index < -0.39 is 5.91 Å². The second-order valence-electron chi connectivity index (χ2n) is 5.57. The normalized spacial score (nSPS) is 10.7. The summed E-state index contributed by atoms with van der Waals surface area (Å²) in [5.41, 5.74) is 2.71. The summed E-state index contributed by atoms with van der Waals surface area (Å²) in [5, 5.41) is 3.76. The molecule has 0 spiro atoms. The van der Waals surface area contributed by atoms with E-state index in [4.69, 9.17) is 11.6 Å². The van der Waals surface area contributed by atoms with Crippen molar-refractivity contribution in [2.45, 2.75) is 0 Å². The smallest absolute Gasteiger partial charge is 0.261 e. The van der Waals surface area contributed by atoms with E-state index in [1.807, 2.05) is 54.6 Å². The van der Waals surface area contributed by atoms with Crippen LogP contribution in [0.3, 0.4) is 0 Å². The lowest BCUT2D eigenvalue weighted by Gasteiger charge is -2.10. The van der Waals surface area contributed by atoms with E-state index in [0.29, 0.717) is 0 Å². The maximum absolute atomic E-state index is 12.5. The molecule has 2 heterocycles. The summed E-state index contributed by atoms with van der Waals surface area (Å²) in [5.74, 6) is -0.190. The van der Waals surface area contributed by atoms with Crippen LogP contribution in [0, 0.1) is 0 Å². The molecule has 1 amide bonds. The number of rotatable bonds is 3. The number of halogens is 1. The molecule has 5 nitrogen and oxygen atoms in total. The van der Waals surface area contributed by atoms with Gasteiger partial charge in [0.05, 0.1) is 16.8 Å². The Hall–Kier alpha value is -3.31. The van der Waals surface area contributed by atoms with E-state index in [-0.39, 0.29) is 16.7 Å². The lowest BCUT2D eigenvalue weighted by atomic mass is 10.1. The highest BCUT2D eigenvalue weighted by Gasteiger charge is 2.15. The Kier molecular flexibility index (Phi) is 4.29. The van der Waals surface area contributed by atoms with Crippen molar-refractivity contribution in [1.82, 2.24) is 15.0 Å². The number of anilines is 1. The van der Waals surface area contributed by atoms with Gasteiger partial charge in [0.1, 0.15) is 5.15 Å². The predicted molar refractivity (Wildman–Crippen MR) is 102 cm³/mol. The van der Waals surface area contributed by atoms with Crippen LogP contribution in [0.4, 0.5) is 5.95 Å². The molecule has 0 atom stereocenters. The standard InChI is InChI=1S/C20H13ClN4O/c21-18-15(10-6-12-22-18)19(26)25-20-23-16-11-5-4-9-14(16)17(24-20)13-7-2-1-3-8-13/h1-12H,(H,23,24,25,26). The number of nitrogens with one attached hydrogen (secondary N) is 1. The van der Waals surface area contributed by atoms with Gasteiger partial charge in [-0.05, 0) is 18.2 Å². The number of hydrogen-bond donors (Lipinski definition) is 1. The monoisotopic (exact) mass is 360 g/mol. The number of para-hydroxylation sites is 1. The van der Waals surface area contributed by atoms with Gasteiger partial charge in [-0.2, -0.15) is 0 Å². The van der Waals surface area contributed by atoms with Gasteiger partial charge in [0.2, 0.25) is 5.95 Å². The summed E-state index contributed by atoms with van der Waals surface area (Å²) in [6.45, 7) is 0. The first-order valence-electron chi connectivity index (χ1n) is 7.96. The molecule has 4 rings (SSSR count). The maximum Gasteiger partial charge on any atom is 0.261 e. The van der Waals surface area contributed by atoms with Crippen LogP contribution in [-0.4, -0.2) is 20.9 Å². The topological polar surface area (TPSA) is 67.8 Å². The average Bonchev–Trinajstić information content (AvgIpc) is 2.68. The average molecular weight is 361 g/mol. The number of benzene rings is 2. The Morgan fingerprint density at radius 1 is 0.885 bits per heavy atom. The van der Waals surface area contributed by atoms with Crippen LogP contribution >= 0.6 is 11.6 Å². The number of hydrogen-bond acceptors (Lipinski definition) is 4. The first-order chi connectivity index (χ1) is 12.7. The molecule has 0 unspecified atom stereocenters. The Bertz CT molecular complexity index is 1100. The van der Waals surface area contributed by atoms with Gasteiger partial charge in [-0.1, -0.05) is 60.1 Å². The lowest BCUT2D eigenvalue weighted by molar-refractivity contribution is 0.102. The highest BCUT2D eigenvalue weighted by molar-refractivity contribution is 6.33. The number of carbonyl (C=O) groups is 1.